The molecule has 1 heterocycles. The molecule has 1 N–H and O–H groups in total. The van der Waals surface area contributed by atoms with Gasteiger partial charge < -0.3 is 14.6 Å². The molecule has 0 amide bonds. The second-order valence-corrected chi connectivity index (χ2v) is 6.40. The summed E-state index contributed by atoms with van der Waals surface area (Å²) in [5.41, 5.74) is 0. The number of unbranched alkanes of at least 4 members (excludes halogenated alkanes) is 8. The van der Waals surface area contributed by atoms with Crippen LogP contribution in [-0.2, 0) is 14.3 Å². The second-order valence-electron chi connectivity index (χ2n) is 6.40. The van der Waals surface area contributed by atoms with Gasteiger partial charge in [0.2, 0.25) is 0 Å². The maximum Gasteiger partial charge on any atom is 0.305 e. The molecule has 1 saturated heterocycles. The molecule has 0 aromatic heterocycles. The predicted molar refractivity (Wildman–Crippen MR) is 87.8 cm³/mol. The summed E-state index contributed by atoms with van der Waals surface area (Å²) in [5, 5.41) is 8.98. The van der Waals surface area contributed by atoms with Crippen molar-refractivity contribution in [1.29, 1.82) is 0 Å². The van der Waals surface area contributed by atoms with Crippen LogP contribution in [0.4, 0.5) is 0 Å². The van der Waals surface area contributed by atoms with Crippen molar-refractivity contribution in [2.24, 2.45) is 0 Å². The normalized spacial score (nSPS) is 21.2. The van der Waals surface area contributed by atoms with Crippen molar-refractivity contribution in [2.75, 3.05) is 13.2 Å². The molecular weight excluding hydrogens is 280 g/mol. The highest BCUT2D eigenvalue weighted by atomic mass is 16.6. The Kier molecular flexibility index (Phi) is 11.4. The molecule has 22 heavy (non-hydrogen) atoms. The fourth-order valence-corrected chi connectivity index (χ4v) is 2.88. The van der Waals surface area contributed by atoms with Gasteiger partial charge in [0.15, 0.2) is 0 Å². The van der Waals surface area contributed by atoms with Gasteiger partial charge in [-0.3, -0.25) is 4.79 Å². The van der Waals surface area contributed by atoms with E-state index in [1.165, 1.54) is 44.9 Å². The highest BCUT2D eigenvalue weighted by Gasteiger charge is 2.25. The van der Waals surface area contributed by atoms with Crippen LogP contribution < -0.4 is 0 Å². The Morgan fingerprint density at radius 2 is 1.59 bits per heavy atom. The second kappa shape index (κ2) is 12.9. The summed E-state index contributed by atoms with van der Waals surface area (Å²) < 4.78 is 10.8. The van der Waals surface area contributed by atoms with Gasteiger partial charge in [-0.15, -0.1) is 0 Å². The van der Waals surface area contributed by atoms with Crippen LogP contribution in [0.2, 0.25) is 0 Å². The summed E-state index contributed by atoms with van der Waals surface area (Å²) >= 11 is 0. The van der Waals surface area contributed by atoms with Gasteiger partial charge in [-0.05, 0) is 19.3 Å². The van der Waals surface area contributed by atoms with Gasteiger partial charge in [-0.25, -0.2) is 0 Å². The number of rotatable bonds is 13. The monoisotopic (exact) mass is 314 g/mol. The molecule has 0 bridgehead atoms. The highest BCUT2D eigenvalue weighted by molar-refractivity contribution is 5.69. The molecule has 0 aromatic rings. The van der Waals surface area contributed by atoms with Crippen molar-refractivity contribution in [3.05, 3.63) is 0 Å². The van der Waals surface area contributed by atoms with E-state index in [1.54, 1.807) is 0 Å². The number of hydrogen-bond acceptors (Lipinski definition) is 4. The fraction of sp³-hybridized carbons (Fsp3) is 0.944. The minimum absolute atomic E-state index is 0.0239. The lowest BCUT2D eigenvalue weighted by atomic mass is 10.1. The molecule has 0 aromatic carbocycles. The first kappa shape index (κ1) is 19.4. The first-order valence-corrected chi connectivity index (χ1v) is 9.18. The van der Waals surface area contributed by atoms with Crippen LogP contribution in [0.3, 0.4) is 0 Å². The molecule has 0 aliphatic carbocycles. The van der Waals surface area contributed by atoms with E-state index in [0.717, 1.165) is 25.7 Å². The summed E-state index contributed by atoms with van der Waals surface area (Å²) in [6.07, 6.45) is 13.4. The number of carbonyl (C=O) groups is 1. The van der Waals surface area contributed by atoms with E-state index < -0.39 is 0 Å². The largest absolute Gasteiger partial charge is 0.463 e. The van der Waals surface area contributed by atoms with Crippen molar-refractivity contribution >= 4 is 5.97 Å². The maximum absolute atomic E-state index is 11.6. The van der Waals surface area contributed by atoms with Crippen LogP contribution in [0.15, 0.2) is 0 Å². The Morgan fingerprint density at radius 3 is 2.18 bits per heavy atom. The Balaban J connectivity index is 1.85. The summed E-state index contributed by atoms with van der Waals surface area (Å²) in [6.45, 7) is 2.64. The lowest BCUT2D eigenvalue weighted by molar-refractivity contribution is -0.148. The van der Waals surface area contributed by atoms with Crippen LogP contribution >= 0.6 is 0 Å². The topological polar surface area (TPSA) is 55.8 Å². The molecule has 1 rings (SSSR count). The Hall–Kier alpha value is -0.610. The molecule has 1 aliphatic rings. The van der Waals surface area contributed by atoms with Crippen LogP contribution in [0, 0.1) is 0 Å². The molecule has 1 fully saturated rings. The van der Waals surface area contributed by atoms with Gasteiger partial charge in [0, 0.05) is 6.42 Å². The molecule has 130 valence electrons. The molecule has 1 aliphatic heterocycles. The average molecular weight is 314 g/mol. The molecule has 0 saturated carbocycles. The summed E-state index contributed by atoms with van der Waals surface area (Å²) in [7, 11) is 0. The standard InChI is InChI=1S/C18H34O4/c1-2-3-4-5-6-7-8-9-10-11-18(20)21-15-17-13-12-16(14-19)22-17/h16-17,19H,2-15H2,1H3. The Bertz CT molecular complexity index is 280. The fourth-order valence-electron chi connectivity index (χ4n) is 2.88. The van der Waals surface area contributed by atoms with Gasteiger partial charge in [-0.1, -0.05) is 58.3 Å². The van der Waals surface area contributed by atoms with Gasteiger partial charge in [0.1, 0.15) is 6.61 Å². The van der Waals surface area contributed by atoms with Crippen LogP contribution in [0.1, 0.15) is 84.0 Å². The van der Waals surface area contributed by atoms with Gasteiger partial charge >= 0.3 is 5.97 Å². The number of hydrogen-bond donors (Lipinski definition) is 1. The molecule has 2 atom stereocenters. The van der Waals surface area contributed by atoms with Crippen molar-refractivity contribution < 1.29 is 19.4 Å². The van der Waals surface area contributed by atoms with Crippen LogP contribution in [0.25, 0.3) is 0 Å². The zero-order chi connectivity index (χ0) is 16.0. The van der Waals surface area contributed by atoms with E-state index in [2.05, 4.69) is 6.92 Å². The minimum Gasteiger partial charge on any atom is -0.463 e. The molecule has 4 heteroatoms. The lowest BCUT2D eigenvalue weighted by Gasteiger charge is -2.12. The quantitative estimate of drug-likeness (QED) is 0.412. The highest BCUT2D eigenvalue weighted by Crippen LogP contribution is 2.19. The SMILES string of the molecule is CCCCCCCCCCCC(=O)OCC1CCC(CO)O1. The third kappa shape index (κ3) is 9.42. The summed E-state index contributed by atoms with van der Waals surface area (Å²) in [4.78, 5) is 11.6. The van der Waals surface area contributed by atoms with Gasteiger partial charge in [0.25, 0.3) is 0 Å². The first-order chi connectivity index (χ1) is 10.8. The van der Waals surface area contributed by atoms with E-state index in [9.17, 15) is 4.79 Å². The molecular formula is C18H34O4. The van der Waals surface area contributed by atoms with Crippen LogP contribution in [-0.4, -0.2) is 36.5 Å². The van der Waals surface area contributed by atoms with Gasteiger partial charge in [0.05, 0.1) is 18.8 Å². The molecule has 0 radical (unpaired) electrons. The van der Waals surface area contributed by atoms with Crippen molar-refractivity contribution in [2.45, 2.75) is 96.2 Å². The summed E-state index contributed by atoms with van der Waals surface area (Å²) in [6, 6.07) is 0. The van der Waals surface area contributed by atoms with Crippen molar-refractivity contribution in [3.8, 4) is 0 Å². The number of ether oxygens (including phenoxy) is 2. The van der Waals surface area contributed by atoms with E-state index in [-0.39, 0.29) is 24.8 Å². The Labute approximate surface area is 135 Å². The third-order valence-corrected chi connectivity index (χ3v) is 4.31. The van der Waals surface area contributed by atoms with Crippen molar-refractivity contribution in [3.63, 3.8) is 0 Å². The van der Waals surface area contributed by atoms with E-state index in [4.69, 9.17) is 14.6 Å². The number of aliphatic hydroxyl groups excluding tert-OH is 1. The lowest BCUT2D eigenvalue weighted by Crippen LogP contribution is -2.20. The van der Waals surface area contributed by atoms with Crippen LogP contribution in [0.5, 0.6) is 0 Å². The predicted octanol–water partition coefficient (Wildman–Crippen LogP) is 3.99. The van der Waals surface area contributed by atoms with Gasteiger partial charge in [-0.2, -0.15) is 0 Å². The van der Waals surface area contributed by atoms with E-state index in [0.29, 0.717) is 13.0 Å². The summed E-state index contributed by atoms with van der Waals surface area (Å²) in [5.74, 6) is -0.112. The van der Waals surface area contributed by atoms with Crippen molar-refractivity contribution in [1.82, 2.24) is 0 Å². The third-order valence-electron chi connectivity index (χ3n) is 4.31. The number of esters is 1. The zero-order valence-electron chi connectivity index (χ0n) is 14.2. The number of carbonyl (C=O) groups excluding carboxylic acids is 1. The first-order valence-electron chi connectivity index (χ1n) is 9.18. The maximum atomic E-state index is 11.6. The number of aliphatic hydroxyl groups is 1. The smallest absolute Gasteiger partial charge is 0.305 e. The molecule has 0 spiro atoms. The zero-order valence-corrected chi connectivity index (χ0v) is 14.2. The van der Waals surface area contributed by atoms with E-state index >= 15 is 0 Å². The average Bonchev–Trinajstić information content (AvgIpc) is 2.99. The molecule has 4 nitrogen and oxygen atoms in total. The minimum atomic E-state index is -0.112. The van der Waals surface area contributed by atoms with E-state index in [1.807, 2.05) is 0 Å². The Morgan fingerprint density at radius 1 is 1.00 bits per heavy atom. The molecule has 2 unspecified atom stereocenters.